The van der Waals surface area contributed by atoms with Gasteiger partial charge in [-0.15, -0.1) is 22.0 Å². The Kier molecular flexibility index (Phi) is 3.87. The molecule has 5 heteroatoms. The number of carbonyl (C=O) groups excluding carboxylic acids is 1. The Morgan fingerprint density at radius 1 is 1.25 bits per heavy atom. The van der Waals surface area contributed by atoms with Gasteiger partial charge in [-0.2, -0.15) is 0 Å². The lowest BCUT2D eigenvalue weighted by Gasteiger charge is -2.14. The molecule has 0 N–H and O–H groups in total. The van der Waals surface area contributed by atoms with Crippen LogP contribution in [0, 0.1) is 0 Å². The maximum Gasteiger partial charge on any atom is 0.159 e. The van der Waals surface area contributed by atoms with Gasteiger partial charge in [-0.25, -0.2) is 0 Å². The molecule has 4 nitrogen and oxygen atoms in total. The minimum Gasteiger partial charge on any atom is -0.314 e. The number of ketones is 1. The molecule has 1 aliphatic heterocycles. The zero-order chi connectivity index (χ0) is 13.9. The largest absolute Gasteiger partial charge is 0.314 e. The molecule has 0 saturated heterocycles. The molecule has 0 amide bonds. The van der Waals surface area contributed by atoms with E-state index in [4.69, 9.17) is 0 Å². The van der Waals surface area contributed by atoms with Crippen LogP contribution in [0.5, 0.6) is 0 Å². The molecule has 2 heterocycles. The van der Waals surface area contributed by atoms with Gasteiger partial charge < -0.3 is 4.57 Å². The fourth-order valence-electron chi connectivity index (χ4n) is 2.41. The first-order chi connectivity index (χ1) is 9.74. The average molecular weight is 287 g/mol. The highest BCUT2D eigenvalue weighted by Gasteiger charge is 2.15. The second-order valence-electron chi connectivity index (χ2n) is 5.01. The SMILES string of the molecule is CC(=O)c1ccc(SCc2nnc3n2CCCC3)cc1. The molecule has 0 atom stereocenters. The van der Waals surface area contributed by atoms with E-state index in [1.54, 1.807) is 18.7 Å². The van der Waals surface area contributed by atoms with E-state index in [0.29, 0.717) is 0 Å². The summed E-state index contributed by atoms with van der Waals surface area (Å²) in [5.41, 5.74) is 0.759. The Bertz CT molecular complexity index is 619. The number of aryl methyl sites for hydroxylation is 1. The number of aromatic nitrogens is 3. The smallest absolute Gasteiger partial charge is 0.159 e. The maximum atomic E-state index is 11.2. The Labute approximate surface area is 122 Å². The number of rotatable bonds is 4. The number of thioether (sulfide) groups is 1. The van der Waals surface area contributed by atoms with Crippen molar-refractivity contribution in [1.29, 1.82) is 0 Å². The van der Waals surface area contributed by atoms with Gasteiger partial charge in [0.05, 0.1) is 5.75 Å². The van der Waals surface area contributed by atoms with Crippen LogP contribution in [0.15, 0.2) is 29.2 Å². The summed E-state index contributed by atoms with van der Waals surface area (Å²) in [6.45, 7) is 2.63. The van der Waals surface area contributed by atoms with Crippen LogP contribution in [0.3, 0.4) is 0 Å². The second-order valence-corrected chi connectivity index (χ2v) is 6.06. The van der Waals surface area contributed by atoms with Crippen LogP contribution in [0.25, 0.3) is 0 Å². The lowest BCUT2D eigenvalue weighted by atomic mass is 10.2. The third kappa shape index (κ3) is 2.77. The first kappa shape index (κ1) is 13.4. The summed E-state index contributed by atoms with van der Waals surface area (Å²) in [7, 11) is 0. The van der Waals surface area contributed by atoms with E-state index in [1.807, 2.05) is 24.3 Å². The molecule has 0 unspecified atom stereocenters. The van der Waals surface area contributed by atoms with Crippen LogP contribution < -0.4 is 0 Å². The number of benzene rings is 1. The van der Waals surface area contributed by atoms with Gasteiger partial charge in [-0.1, -0.05) is 12.1 Å². The molecule has 1 aromatic carbocycles. The molecule has 0 spiro atoms. The molecule has 1 aliphatic rings. The van der Waals surface area contributed by atoms with Crippen LogP contribution >= 0.6 is 11.8 Å². The summed E-state index contributed by atoms with van der Waals surface area (Å²) in [6.07, 6.45) is 3.48. The number of fused-ring (bicyclic) bond motifs is 1. The fraction of sp³-hybridized carbons (Fsp3) is 0.400. The lowest BCUT2D eigenvalue weighted by Crippen LogP contribution is -2.12. The standard InChI is InChI=1S/C15H17N3OS/c1-11(19)12-5-7-13(8-6-12)20-10-15-17-16-14-4-2-3-9-18(14)15/h5-8H,2-4,9-10H2,1H3. The molecule has 20 heavy (non-hydrogen) atoms. The van der Waals surface area contributed by atoms with E-state index in [1.165, 1.54) is 12.8 Å². The van der Waals surface area contributed by atoms with Gasteiger partial charge in [0.1, 0.15) is 11.6 Å². The topological polar surface area (TPSA) is 47.8 Å². The lowest BCUT2D eigenvalue weighted by molar-refractivity contribution is 0.101. The predicted octanol–water partition coefficient (Wildman–Crippen LogP) is 3.11. The highest BCUT2D eigenvalue weighted by molar-refractivity contribution is 7.98. The van der Waals surface area contributed by atoms with Gasteiger partial charge in [0.15, 0.2) is 5.78 Å². The molecule has 0 radical (unpaired) electrons. The van der Waals surface area contributed by atoms with E-state index < -0.39 is 0 Å². The molecule has 1 aromatic heterocycles. The second kappa shape index (κ2) is 5.79. The molecule has 0 bridgehead atoms. The third-order valence-corrected chi connectivity index (χ3v) is 4.57. The minimum absolute atomic E-state index is 0.105. The number of hydrogen-bond acceptors (Lipinski definition) is 4. The summed E-state index contributed by atoms with van der Waals surface area (Å²) in [4.78, 5) is 12.4. The summed E-state index contributed by atoms with van der Waals surface area (Å²) < 4.78 is 2.25. The Morgan fingerprint density at radius 3 is 2.80 bits per heavy atom. The van der Waals surface area contributed by atoms with Crippen LogP contribution in [-0.2, 0) is 18.7 Å². The van der Waals surface area contributed by atoms with Crippen LogP contribution in [0.2, 0.25) is 0 Å². The predicted molar refractivity (Wildman–Crippen MR) is 79.0 cm³/mol. The highest BCUT2D eigenvalue weighted by atomic mass is 32.2. The van der Waals surface area contributed by atoms with E-state index in [9.17, 15) is 4.79 Å². The summed E-state index contributed by atoms with van der Waals surface area (Å²) in [5.74, 6) is 3.11. The van der Waals surface area contributed by atoms with Gasteiger partial charge in [0.2, 0.25) is 0 Å². The molecular formula is C15H17N3OS. The Balaban J connectivity index is 1.67. The van der Waals surface area contributed by atoms with Crippen molar-refractivity contribution in [2.75, 3.05) is 0 Å². The van der Waals surface area contributed by atoms with E-state index in [-0.39, 0.29) is 5.78 Å². The molecule has 0 saturated carbocycles. The third-order valence-electron chi connectivity index (χ3n) is 3.56. The zero-order valence-corrected chi connectivity index (χ0v) is 12.3. The first-order valence-corrected chi connectivity index (χ1v) is 7.87. The van der Waals surface area contributed by atoms with E-state index >= 15 is 0 Å². The summed E-state index contributed by atoms with van der Waals surface area (Å²) in [6, 6.07) is 7.75. The van der Waals surface area contributed by atoms with E-state index in [0.717, 1.165) is 40.8 Å². The number of nitrogens with zero attached hydrogens (tertiary/aromatic N) is 3. The molecule has 3 rings (SSSR count). The Morgan fingerprint density at radius 2 is 2.05 bits per heavy atom. The van der Waals surface area contributed by atoms with Crippen LogP contribution in [-0.4, -0.2) is 20.5 Å². The molecule has 0 aliphatic carbocycles. The summed E-state index contributed by atoms with van der Waals surface area (Å²) >= 11 is 1.74. The number of hydrogen-bond donors (Lipinski definition) is 0. The maximum absolute atomic E-state index is 11.2. The minimum atomic E-state index is 0.105. The van der Waals surface area contributed by atoms with Gasteiger partial charge in [-0.05, 0) is 31.9 Å². The normalized spacial score (nSPS) is 14.1. The summed E-state index contributed by atoms with van der Waals surface area (Å²) in [5, 5.41) is 8.56. The van der Waals surface area contributed by atoms with Crippen molar-refractivity contribution in [3.8, 4) is 0 Å². The highest BCUT2D eigenvalue weighted by Crippen LogP contribution is 2.24. The van der Waals surface area contributed by atoms with Gasteiger partial charge in [0, 0.05) is 23.4 Å². The van der Waals surface area contributed by atoms with Gasteiger partial charge in [-0.3, -0.25) is 4.79 Å². The van der Waals surface area contributed by atoms with Crippen molar-refractivity contribution < 1.29 is 4.79 Å². The van der Waals surface area contributed by atoms with Crippen molar-refractivity contribution in [1.82, 2.24) is 14.8 Å². The molecular weight excluding hydrogens is 270 g/mol. The average Bonchev–Trinajstić information content (AvgIpc) is 2.89. The molecule has 104 valence electrons. The quantitative estimate of drug-likeness (QED) is 0.640. The van der Waals surface area contributed by atoms with Crippen molar-refractivity contribution in [3.63, 3.8) is 0 Å². The van der Waals surface area contributed by atoms with Gasteiger partial charge >= 0.3 is 0 Å². The monoisotopic (exact) mass is 287 g/mol. The van der Waals surface area contributed by atoms with Crippen molar-refractivity contribution >= 4 is 17.5 Å². The van der Waals surface area contributed by atoms with Crippen LogP contribution in [0.1, 0.15) is 41.8 Å². The van der Waals surface area contributed by atoms with Crippen molar-refractivity contribution in [3.05, 3.63) is 41.5 Å². The Hall–Kier alpha value is -1.62. The number of Topliss-reactive ketones (excluding diaryl/α,β-unsaturated/α-hetero) is 1. The molecule has 0 fully saturated rings. The zero-order valence-electron chi connectivity index (χ0n) is 11.5. The van der Waals surface area contributed by atoms with Crippen LogP contribution in [0.4, 0.5) is 0 Å². The van der Waals surface area contributed by atoms with Crippen molar-refractivity contribution in [2.45, 2.75) is 43.4 Å². The van der Waals surface area contributed by atoms with Gasteiger partial charge in [0.25, 0.3) is 0 Å². The number of carbonyl (C=O) groups is 1. The fourth-order valence-corrected chi connectivity index (χ4v) is 3.25. The molecule has 2 aromatic rings. The van der Waals surface area contributed by atoms with E-state index in [2.05, 4.69) is 14.8 Å². The first-order valence-electron chi connectivity index (χ1n) is 6.89. The van der Waals surface area contributed by atoms with Crippen molar-refractivity contribution in [2.24, 2.45) is 0 Å².